The Balaban J connectivity index is 1.55. The molecule has 0 bridgehead atoms. The van der Waals surface area contributed by atoms with Crippen molar-refractivity contribution in [1.29, 1.82) is 0 Å². The van der Waals surface area contributed by atoms with Crippen LogP contribution in [0, 0.1) is 12.8 Å². The molecule has 0 aromatic carbocycles. The van der Waals surface area contributed by atoms with E-state index in [1.54, 1.807) is 15.9 Å². The van der Waals surface area contributed by atoms with Crippen LogP contribution >= 0.6 is 0 Å². The first-order valence-corrected chi connectivity index (χ1v) is 10.3. The Kier molecular flexibility index (Phi) is 7.01. The van der Waals surface area contributed by atoms with E-state index in [2.05, 4.69) is 10.3 Å². The number of hydrogen-bond acceptors (Lipinski definition) is 4. The molecule has 0 aliphatic carbocycles. The summed E-state index contributed by atoms with van der Waals surface area (Å²) in [5, 5.41) is 2.86. The van der Waals surface area contributed by atoms with Crippen LogP contribution < -0.4 is 5.32 Å². The Morgan fingerprint density at radius 2 is 1.96 bits per heavy atom. The predicted molar refractivity (Wildman–Crippen MR) is 107 cm³/mol. The van der Waals surface area contributed by atoms with Crippen LogP contribution in [0.15, 0.2) is 18.2 Å². The Labute approximate surface area is 166 Å². The van der Waals surface area contributed by atoms with Crippen molar-refractivity contribution >= 4 is 23.5 Å². The molecule has 1 N–H and O–H groups in total. The number of hydrogen-bond donors (Lipinski definition) is 1. The lowest BCUT2D eigenvalue weighted by atomic mass is 9.97. The van der Waals surface area contributed by atoms with Crippen LogP contribution in [0.2, 0.25) is 0 Å². The summed E-state index contributed by atoms with van der Waals surface area (Å²) in [6, 6.07) is 5.50. The SMILES string of the molecule is Cc1cccc(NC(=O)C2CCCN(C(=O)CN3CCCCCCC3=O)C2)n1. The summed E-state index contributed by atoms with van der Waals surface area (Å²) in [6.45, 7) is 3.71. The number of nitrogens with zero attached hydrogens (tertiary/aromatic N) is 3. The second kappa shape index (κ2) is 9.66. The zero-order valence-electron chi connectivity index (χ0n) is 16.7. The second-order valence-electron chi connectivity index (χ2n) is 7.81. The number of likely N-dealkylation sites (tertiary alicyclic amines) is 2. The van der Waals surface area contributed by atoms with Crippen LogP contribution in [0.1, 0.15) is 50.6 Å². The van der Waals surface area contributed by atoms with Crippen LogP contribution in [0.5, 0.6) is 0 Å². The lowest BCUT2D eigenvalue weighted by Crippen LogP contribution is -2.48. The van der Waals surface area contributed by atoms with Crippen LogP contribution in [-0.4, -0.2) is 58.7 Å². The fourth-order valence-electron chi connectivity index (χ4n) is 3.90. The van der Waals surface area contributed by atoms with Crippen molar-refractivity contribution in [2.24, 2.45) is 5.92 Å². The largest absolute Gasteiger partial charge is 0.340 e. The van der Waals surface area contributed by atoms with Gasteiger partial charge in [0.05, 0.1) is 12.5 Å². The van der Waals surface area contributed by atoms with Crippen LogP contribution in [0.4, 0.5) is 5.82 Å². The van der Waals surface area contributed by atoms with E-state index in [9.17, 15) is 14.4 Å². The summed E-state index contributed by atoms with van der Waals surface area (Å²) >= 11 is 0. The van der Waals surface area contributed by atoms with Crippen molar-refractivity contribution in [3.63, 3.8) is 0 Å². The first-order chi connectivity index (χ1) is 13.5. The summed E-state index contributed by atoms with van der Waals surface area (Å²) in [4.78, 5) is 45.4. The van der Waals surface area contributed by atoms with Gasteiger partial charge in [0.25, 0.3) is 0 Å². The van der Waals surface area contributed by atoms with Gasteiger partial charge < -0.3 is 15.1 Å². The van der Waals surface area contributed by atoms with Gasteiger partial charge >= 0.3 is 0 Å². The molecule has 1 atom stereocenters. The molecule has 2 aliphatic rings. The summed E-state index contributed by atoms with van der Waals surface area (Å²) in [7, 11) is 0. The molecular weight excluding hydrogens is 356 g/mol. The van der Waals surface area contributed by atoms with Crippen LogP contribution in [0.3, 0.4) is 0 Å². The quantitative estimate of drug-likeness (QED) is 0.861. The zero-order chi connectivity index (χ0) is 19.9. The fourth-order valence-corrected chi connectivity index (χ4v) is 3.90. The fraction of sp³-hybridized carbons (Fsp3) is 0.619. The Hall–Kier alpha value is -2.44. The van der Waals surface area contributed by atoms with Crippen molar-refractivity contribution in [3.05, 3.63) is 23.9 Å². The summed E-state index contributed by atoms with van der Waals surface area (Å²) < 4.78 is 0. The molecule has 0 saturated carbocycles. The zero-order valence-corrected chi connectivity index (χ0v) is 16.7. The number of pyridine rings is 1. The minimum atomic E-state index is -0.247. The van der Waals surface area contributed by atoms with Gasteiger partial charge in [-0.15, -0.1) is 0 Å². The monoisotopic (exact) mass is 386 g/mol. The van der Waals surface area contributed by atoms with Crippen molar-refractivity contribution in [2.75, 3.05) is 31.5 Å². The first kappa shape index (κ1) is 20.3. The van der Waals surface area contributed by atoms with Gasteiger partial charge in [0.1, 0.15) is 5.82 Å². The normalized spacial score (nSPS) is 21.0. The standard InChI is InChI=1S/C21H30N4O3/c1-16-8-6-10-18(22-16)23-21(28)17-9-7-13-24(14-17)20(27)15-25-12-5-3-2-4-11-19(25)26/h6,8,10,17H,2-5,7,9,11-15H2,1H3,(H,22,23,28). The van der Waals surface area contributed by atoms with Crippen LogP contribution in [-0.2, 0) is 14.4 Å². The molecule has 1 aromatic rings. The maximum absolute atomic E-state index is 12.8. The highest BCUT2D eigenvalue weighted by molar-refractivity contribution is 5.92. The van der Waals surface area contributed by atoms with Gasteiger partial charge in [-0.25, -0.2) is 4.98 Å². The molecule has 3 amide bonds. The molecule has 1 unspecified atom stereocenters. The number of carbonyl (C=O) groups excluding carboxylic acids is 3. The van der Waals surface area contributed by atoms with Gasteiger partial charge in [0.15, 0.2) is 0 Å². The van der Waals surface area contributed by atoms with E-state index < -0.39 is 0 Å². The molecule has 152 valence electrons. The molecule has 3 rings (SSSR count). The summed E-state index contributed by atoms with van der Waals surface area (Å²) in [5.74, 6) is 0.214. The van der Waals surface area contributed by atoms with E-state index in [1.165, 1.54) is 0 Å². The lowest BCUT2D eigenvalue weighted by molar-refractivity contribution is -0.142. The minimum absolute atomic E-state index is 0.0555. The Morgan fingerprint density at radius 1 is 1.14 bits per heavy atom. The molecule has 0 spiro atoms. The molecule has 28 heavy (non-hydrogen) atoms. The molecule has 0 radical (unpaired) electrons. The van der Waals surface area contributed by atoms with E-state index >= 15 is 0 Å². The third-order valence-corrected chi connectivity index (χ3v) is 5.53. The molecule has 2 aliphatic heterocycles. The lowest BCUT2D eigenvalue weighted by Gasteiger charge is -2.34. The van der Waals surface area contributed by atoms with E-state index in [-0.39, 0.29) is 30.2 Å². The smallest absolute Gasteiger partial charge is 0.242 e. The van der Waals surface area contributed by atoms with Crippen molar-refractivity contribution in [2.45, 2.75) is 51.9 Å². The number of piperidine rings is 1. The molecule has 2 fully saturated rings. The third-order valence-electron chi connectivity index (χ3n) is 5.53. The topological polar surface area (TPSA) is 82.6 Å². The second-order valence-corrected chi connectivity index (χ2v) is 7.81. The number of carbonyl (C=O) groups is 3. The number of rotatable bonds is 4. The Bertz CT molecular complexity index is 721. The first-order valence-electron chi connectivity index (χ1n) is 10.3. The molecular formula is C21H30N4O3. The van der Waals surface area contributed by atoms with Gasteiger partial charge in [0.2, 0.25) is 17.7 Å². The van der Waals surface area contributed by atoms with Crippen LogP contribution in [0.25, 0.3) is 0 Å². The van der Waals surface area contributed by atoms with Gasteiger partial charge in [-0.2, -0.15) is 0 Å². The highest BCUT2D eigenvalue weighted by Gasteiger charge is 2.30. The van der Waals surface area contributed by atoms with Gasteiger partial charge in [-0.3, -0.25) is 14.4 Å². The Morgan fingerprint density at radius 3 is 2.79 bits per heavy atom. The number of aryl methyl sites for hydroxylation is 1. The van der Waals surface area contributed by atoms with E-state index in [1.807, 2.05) is 19.1 Å². The van der Waals surface area contributed by atoms with Gasteiger partial charge in [0, 0.05) is 31.7 Å². The van der Waals surface area contributed by atoms with E-state index in [0.29, 0.717) is 31.9 Å². The maximum atomic E-state index is 12.8. The van der Waals surface area contributed by atoms with Gasteiger partial charge in [-0.05, 0) is 44.7 Å². The number of amides is 3. The summed E-state index contributed by atoms with van der Waals surface area (Å²) in [5.41, 5.74) is 0.844. The maximum Gasteiger partial charge on any atom is 0.242 e. The highest BCUT2D eigenvalue weighted by Crippen LogP contribution is 2.19. The van der Waals surface area contributed by atoms with Crippen molar-refractivity contribution in [3.8, 4) is 0 Å². The van der Waals surface area contributed by atoms with E-state index in [0.717, 1.165) is 44.2 Å². The highest BCUT2D eigenvalue weighted by atomic mass is 16.2. The van der Waals surface area contributed by atoms with Gasteiger partial charge in [-0.1, -0.05) is 18.9 Å². The minimum Gasteiger partial charge on any atom is -0.340 e. The molecule has 2 saturated heterocycles. The van der Waals surface area contributed by atoms with Crippen molar-refractivity contribution in [1.82, 2.24) is 14.8 Å². The number of nitrogens with one attached hydrogen (secondary N) is 1. The van der Waals surface area contributed by atoms with Crippen molar-refractivity contribution < 1.29 is 14.4 Å². The molecule has 3 heterocycles. The third kappa shape index (κ3) is 5.53. The summed E-state index contributed by atoms with van der Waals surface area (Å²) in [6.07, 6.45) is 6.13. The number of aromatic nitrogens is 1. The molecule has 1 aromatic heterocycles. The molecule has 7 nitrogen and oxygen atoms in total. The average molecular weight is 386 g/mol. The van der Waals surface area contributed by atoms with E-state index in [4.69, 9.17) is 0 Å². The number of anilines is 1. The molecule has 7 heteroatoms. The average Bonchev–Trinajstić information content (AvgIpc) is 2.68. The predicted octanol–water partition coefficient (Wildman–Crippen LogP) is 2.36.